The monoisotopic (exact) mass is 457 g/mol. The van der Waals surface area contributed by atoms with E-state index in [-0.39, 0.29) is 17.6 Å². The van der Waals surface area contributed by atoms with Crippen LogP contribution in [-0.2, 0) is 11.3 Å². The first-order chi connectivity index (χ1) is 16.6. The summed E-state index contributed by atoms with van der Waals surface area (Å²) in [6.45, 7) is 4.08. The Morgan fingerprint density at radius 1 is 1.03 bits per heavy atom. The number of aromatic nitrogens is 2. The second kappa shape index (κ2) is 9.67. The van der Waals surface area contributed by atoms with E-state index < -0.39 is 0 Å². The van der Waals surface area contributed by atoms with Crippen molar-refractivity contribution >= 4 is 22.6 Å². The van der Waals surface area contributed by atoms with Crippen molar-refractivity contribution in [2.45, 2.75) is 38.6 Å². The molecule has 1 aliphatic rings. The lowest BCUT2D eigenvalue weighted by molar-refractivity contribution is -0.117. The van der Waals surface area contributed by atoms with E-state index in [2.05, 4.69) is 23.6 Å². The lowest BCUT2D eigenvalue weighted by atomic mass is 10.1. The van der Waals surface area contributed by atoms with Gasteiger partial charge in [0.1, 0.15) is 17.4 Å². The summed E-state index contributed by atoms with van der Waals surface area (Å²) in [5.74, 6) is 1.58. The average Bonchev–Trinajstić information content (AvgIpc) is 3.40. The Balaban J connectivity index is 1.29. The molecular formula is C28H28FN3O2. The van der Waals surface area contributed by atoms with E-state index >= 15 is 0 Å². The van der Waals surface area contributed by atoms with Gasteiger partial charge in [-0.1, -0.05) is 24.3 Å². The third-order valence-corrected chi connectivity index (χ3v) is 6.35. The molecule has 1 saturated heterocycles. The fraction of sp³-hybridized carbons (Fsp3) is 0.286. The highest BCUT2D eigenvalue weighted by atomic mass is 19.1. The smallest absolute Gasteiger partial charge is 0.227 e. The predicted octanol–water partition coefficient (Wildman–Crippen LogP) is 5.86. The number of halogens is 1. The van der Waals surface area contributed by atoms with Crippen LogP contribution >= 0.6 is 0 Å². The SMILES string of the molecule is Cc1cccc(OCCCCn2c([C@@H]3CC(=O)N(c4ccc(F)cc4)C3)nc3ccccc32)c1. The number of carbonyl (C=O) groups excluding carboxylic acids is 1. The summed E-state index contributed by atoms with van der Waals surface area (Å²) in [6.07, 6.45) is 2.27. The number of aryl methyl sites for hydroxylation is 2. The number of imidazole rings is 1. The number of amides is 1. The molecule has 1 fully saturated rings. The fourth-order valence-corrected chi connectivity index (χ4v) is 4.66. The second-order valence-electron chi connectivity index (χ2n) is 8.86. The topological polar surface area (TPSA) is 47.4 Å². The third-order valence-electron chi connectivity index (χ3n) is 6.35. The number of hydrogen-bond donors (Lipinski definition) is 0. The van der Waals surface area contributed by atoms with Crippen LogP contribution in [0.25, 0.3) is 11.0 Å². The zero-order chi connectivity index (χ0) is 23.5. The van der Waals surface area contributed by atoms with Gasteiger partial charge in [-0.3, -0.25) is 4.79 Å². The Kier molecular flexibility index (Phi) is 6.30. The first-order valence-corrected chi connectivity index (χ1v) is 11.8. The lowest BCUT2D eigenvalue weighted by Crippen LogP contribution is -2.24. The maximum Gasteiger partial charge on any atom is 0.227 e. The van der Waals surface area contributed by atoms with E-state index in [4.69, 9.17) is 9.72 Å². The van der Waals surface area contributed by atoms with Crippen LogP contribution in [-0.4, -0.2) is 28.6 Å². The number of ether oxygens (including phenoxy) is 1. The van der Waals surface area contributed by atoms with Gasteiger partial charge >= 0.3 is 0 Å². The average molecular weight is 458 g/mol. The van der Waals surface area contributed by atoms with Crippen molar-refractivity contribution in [1.29, 1.82) is 0 Å². The maximum absolute atomic E-state index is 13.3. The zero-order valence-corrected chi connectivity index (χ0v) is 19.3. The van der Waals surface area contributed by atoms with Gasteiger partial charge in [0.15, 0.2) is 0 Å². The summed E-state index contributed by atoms with van der Waals surface area (Å²) in [7, 11) is 0. The van der Waals surface area contributed by atoms with Crippen LogP contribution in [0.2, 0.25) is 0 Å². The minimum atomic E-state index is -0.305. The van der Waals surface area contributed by atoms with Crippen LogP contribution in [0.15, 0.2) is 72.8 Å². The molecule has 5 nitrogen and oxygen atoms in total. The molecule has 1 aliphatic heterocycles. The summed E-state index contributed by atoms with van der Waals surface area (Å²) >= 11 is 0. The summed E-state index contributed by atoms with van der Waals surface area (Å²) in [5.41, 5.74) is 3.95. The third kappa shape index (κ3) is 4.67. The molecule has 1 atom stereocenters. The van der Waals surface area contributed by atoms with Gasteiger partial charge in [0.25, 0.3) is 0 Å². The van der Waals surface area contributed by atoms with Crippen molar-refractivity contribution in [3.63, 3.8) is 0 Å². The molecule has 0 saturated carbocycles. The molecule has 0 aliphatic carbocycles. The summed E-state index contributed by atoms with van der Waals surface area (Å²) in [5, 5.41) is 0. The number of unbranched alkanes of at least 4 members (excludes halogenated alkanes) is 1. The van der Waals surface area contributed by atoms with Crippen molar-refractivity contribution < 1.29 is 13.9 Å². The highest BCUT2D eigenvalue weighted by molar-refractivity contribution is 5.96. The largest absolute Gasteiger partial charge is 0.494 e. The van der Waals surface area contributed by atoms with Crippen LogP contribution < -0.4 is 9.64 Å². The van der Waals surface area contributed by atoms with Gasteiger partial charge in [-0.2, -0.15) is 0 Å². The van der Waals surface area contributed by atoms with Gasteiger partial charge in [0.2, 0.25) is 5.91 Å². The molecule has 174 valence electrons. The van der Waals surface area contributed by atoms with Crippen LogP contribution in [0, 0.1) is 12.7 Å². The Labute approximate surface area is 198 Å². The predicted molar refractivity (Wildman–Crippen MR) is 132 cm³/mol. The number of anilines is 1. The molecule has 1 aromatic heterocycles. The minimum absolute atomic E-state index is 0.00602. The number of benzene rings is 3. The molecule has 0 radical (unpaired) electrons. The molecule has 0 unspecified atom stereocenters. The molecule has 2 heterocycles. The Morgan fingerprint density at radius 3 is 2.68 bits per heavy atom. The molecule has 0 N–H and O–H groups in total. The summed E-state index contributed by atoms with van der Waals surface area (Å²) < 4.78 is 21.5. The van der Waals surface area contributed by atoms with Gasteiger partial charge in [-0.15, -0.1) is 0 Å². The number of nitrogens with zero attached hydrogens (tertiary/aromatic N) is 3. The Hall–Kier alpha value is -3.67. The molecule has 5 rings (SSSR count). The Bertz CT molecular complexity index is 1300. The quantitative estimate of drug-likeness (QED) is 0.311. The van der Waals surface area contributed by atoms with Gasteiger partial charge in [0, 0.05) is 31.1 Å². The normalized spacial score (nSPS) is 15.9. The van der Waals surface area contributed by atoms with Gasteiger partial charge < -0.3 is 14.2 Å². The fourth-order valence-electron chi connectivity index (χ4n) is 4.66. The Morgan fingerprint density at radius 2 is 1.85 bits per heavy atom. The van der Waals surface area contributed by atoms with Crippen molar-refractivity contribution in [2.75, 3.05) is 18.1 Å². The number of fused-ring (bicyclic) bond motifs is 1. The highest BCUT2D eigenvalue weighted by Crippen LogP contribution is 2.33. The van der Waals surface area contributed by atoms with Crippen LogP contribution in [0.5, 0.6) is 5.75 Å². The highest BCUT2D eigenvalue weighted by Gasteiger charge is 2.34. The van der Waals surface area contributed by atoms with E-state index in [1.54, 1.807) is 17.0 Å². The van der Waals surface area contributed by atoms with Crippen LogP contribution in [0.3, 0.4) is 0 Å². The van der Waals surface area contributed by atoms with Crippen LogP contribution in [0.1, 0.15) is 36.6 Å². The second-order valence-corrected chi connectivity index (χ2v) is 8.86. The van der Waals surface area contributed by atoms with Gasteiger partial charge in [-0.25, -0.2) is 9.37 Å². The number of carbonyl (C=O) groups is 1. The first-order valence-electron chi connectivity index (χ1n) is 11.8. The zero-order valence-electron chi connectivity index (χ0n) is 19.3. The van der Waals surface area contributed by atoms with Crippen molar-refractivity contribution in [3.05, 3.63) is 90.0 Å². The maximum atomic E-state index is 13.3. The summed E-state index contributed by atoms with van der Waals surface area (Å²) in [6, 6.07) is 22.3. The van der Waals surface area contributed by atoms with Gasteiger partial charge in [0.05, 0.1) is 17.6 Å². The van der Waals surface area contributed by atoms with Crippen molar-refractivity contribution in [2.24, 2.45) is 0 Å². The van der Waals surface area contributed by atoms with Crippen molar-refractivity contribution in [1.82, 2.24) is 9.55 Å². The lowest BCUT2D eigenvalue weighted by Gasteiger charge is -2.17. The summed E-state index contributed by atoms with van der Waals surface area (Å²) in [4.78, 5) is 19.5. The molecule has 6 heteroatoms. The molecule has 3 aromatic carbocycles. The standard InChI is InChI=1S/C28H28FN3O2/c1-20-7-6-8-24(17-20)34-16-5-4-15-31-26-10-3-2-9-25(26)30-28(31)21-18-27(33)32(19-21)23-13-11-22(29)12-14-23/h2-3,6-14,17,21H,4-5,15-16,18-19H2,1H3/t21-/m1/s1. The van der Waals surface area contributed by atoms with Crippen molar-refractivity contribution in [3.8, 4) is 5.75 Å². The minimum Gasteiger partial charge on any atom is -0.494 e. The first kappa shape index (κ1) is 22.1. The molecule has 34 heavy (non-hydrogen) atoms. The van der Waals surface area contributed by atoms with E-state index in [0.29, 0.717) is 19.6 Å². The van der Waals surface area contributed by atoms with Crippen LogP contribution in [0.4, 0.5) is 10.1 Å². The molecule has 0 bridgehead atoms. The molecule has 1 amide bonds. The molecular weight excluding hydrogens is 429 g/mol. The number of rotatable bonds is 8. The number of hydrogen-bond acceptors (Lipinski definition) is 3. The van der Waals surface area contributed by atoms with E-state index in [1.807, 2.05) is 36.4 Å². The van der Waals surface area contributed by atoms with E-state index in [0.717, 1.165) is 47.7 Å². The molecule has 4 aromatic rings. The van der Waals surface area contributed by atoms with E-state index in [9.17, 15) is 9.18 Å². The number of para-hydroxylation sites is 2. The van der Waals surface area contributed by atoms with E-state index in [1.165, 1.54) is 17.7 Å². The van der Waals surface area contributed by atoms with Gasteiger partial charge in [-0.05, 0) is 73.9 Å². The molecule has 0 spiro atoms.